The van der Waals surface area contributed by atoms with Crippen LogP contribution in [0.1, 0.15) is 26.7 Å². The van der Waals surface area contributed by atoms with Crippen molar-refractivity contribution in [2.75, 3.05) is 18.0 Å². The number of aromatic nitrogens is 4. The van der Waals surface area contributed by atoms with Gasteiger partial charge in [0.05, 0.1) is 11.6 Å². The Labute approximate surface area is 151 Å². The summed E-state index contributed by atoms with van der Waals surface area (Å²) in [5.41, 5.74) is 2.95. The van der Waals surface area contributed by atoms with Gasteiger partial charge in [-0.15, -0.1) is 0 Å². The van der Waals surface area contributed by atoms with E-state index >= 15 is 0 Å². The van der Waals surface area contributed by atoms with E-state index in [1.165, 1.54) is 4.68 Å². The first-order valence-electron chi connectivity index (χ1n) is 9.01. The third kappa shape index (κ3) is 2.94. The van der Waals surface area contributed by atoms with Crippen LogP contribution in [-0.2, 0) is 7.05 Å². The lowest BCUT2D eigenvalue weighted by Crippen LogP contribution is -2.30. The Morgan fingerprint density at radius 1 is 1.19 bits per heavy atom. The van der Waals surface area contributed by atoms with Crippen molar-refractivity contribution in [3.8, 4) is 17.1 Å². The largest absolute Gasteiger partial charge is 0.491 e. The van der Waals surface area contributed by atoms with Crippen LogP contribution >= 0.6 is 0 Å². The Balaban J connectivity index is 1.83. The number of hydrogen-bond acceptors (Lipinski definition) is 5. The molecule has 26 heavy (non-hydrogen) atoms. The van der Waals surface area contributed by atoms with Crippen molar-refractivity contribution in [3.63, 3.8) is 0 Å². The number of nitrogens with zero attached hydrogens (tertiary/aromatic N) is 4. The lowest BCUT2D eigenvalue weighted by molar-refractivity contribution is 0.243. The molecule has 1 N–H and O–H groups in total. The fourth-order valence-electron chi connectivity index (χ4n) is 3.43. The number of nitrogens with one attached hydrogen (secondary N) is 1. The topological polar surface area (TPSA) is 76.0 Å². The summed E-state index contributed by atoms with van der Waals surface area (Å²) < 4.78 is 7.21. The lowest BCUT2D eigenvalue weighted by atomic mass is 10.1. The molecule has 0 aliphatic carbocycles. The summed E-state index contributed by atoms with van der Waals surface area (Å²) in [5.74, 6) is 0.791. The second-order valence-electron chi connectivity index (χ2n) is 6.98. The summed E-state index contributed by atoms with van der Waals surface area (Å²) in [6, 6.07) is 7.71. The van der Waals surface area contributed by atoms with Gasteiger partial charge in [-0.1, -0.05) is 0 Å². The number of aryl methyl sites for hydroxylation is 1. The van der Waals surface area contributed by atoms with Gasteiger partial charge in [0, 0.05) is 25.5 Å². The molecule has 0 saturated carbocycles. The van der Waals surface area contributed by atoms with Crippen molar-refractivity contribution < 1.29 is 4.74 Å². The number of hydrogen-bond donors (Lipinski definition) is 1. The highest BCUT2D eigenvalue weighted by atomic mass is 16.5. The Morgan fingerprint density at radius 2 is 1.96 bits per heavy atom. The Bertz CT molecular complexity index is 999. The monoisotopic (exact) mass is 353 g/mol. The van der Waals surface area contributed by atoms with E-state index in [0.29, 0.717) is 11.4 Å². The molecule has 7 heteroatoms. The molecule has 1 aliphatic heterocycles. The number of H-pyrrole nitrogens is 1. The minimum atomic E-state index is -0.0701. The number of aromatic amines is 1. The van der Waals surface area contributed by atoms with Crippen LogP contribution in [0.5, 0.6) is 5.75 Å². The molecule has 0 bridgehead atoms. The zero-order chi connectivity index (χ0) is 18.3. The quantitative estimate of drug-likeness (QED) is 0.780. The summed E-state index contributed by atoms with van der Waals surface area (Å²) in [6.45, 7) is 5.81. The van der Waals surface area contributed by atoms with E-state index < -0.39 is 0 Å². The summed E-state index contributed by atoms with van der Waals surface area (Å²) in [5, 5.41) is 12.9. The van der Waals surface area contributed by atoms with Crippen molar-refractivity contribution in [1.82, 2.24) is 20.0 Å². The van der Waals surface area contributed by atoms with Gasteiger partial charge in [-0.25, -0.2) is 4.68 Å². The summed E-state index contributed by atoms with van der Waals surface area (Å²) >= 11 is 0. The van der Waals surface area contributed by atoms with Crippen molar-refractivity contribution in [3.05, 3.63) is 34.6 Å². The number of benzene rings is 1. The Hall–Kier alpha value is -2.83. The van der Waals surface area contributed by atoms with E-state index in [9.17, 15) is 4.79 Å². The number of ether oxygens (including phenoxy) is 1. The summed E-state index contributed by atoms with van der Waals surface area (Å²) in [4.78, 5) is 14.7. The molecule has 7 nitrogen and oxygen atoms in total. The Kier molecular flexibility index (Phi) is 4.14. The predicted octanol–water partition coefficient (Wildman–Crippen LogP) is 2.71. The minimum Gasteiger partial charge on any atom is -0.491 e. The molecular formula is C19H23N5O2. The van der Waals surface area contributed by atoms with Gasteiger partial charge in [-0.3, -0.25) is 9.89 Å². The fraction of sp³-hybridized carbons (Fsp3) is 0.421. The molecule has 0 unspecified atom stereocenters. The molecule has 1 aliphatic rings. The average Bonchev–Trinajstić information content (AvgIpc) is 3.26. The normalized spacial score (nSPS) is 14.5. The molecule has 1 saturated heterocycles. The number of fused-ring (bicyclic) bond motifs is 1. The zero-order valence-corrected chi connectivity index (χ0v) is 15.3. The summed E-state index contributed by atoms with van der Waals surface area (Å²) in [7, 11) is 1.69. The van der Waals surface area contributed by atoms with E-state index in [0.717, 1.165) is 48.3 Å². The highest BCUT2D eigenvalue weighted by Gasteiger charge is 2.20. The van der Waals surface area contributed by atoms with E-state index in [1.54, 1.807) is 7.05 Å². The maximum Gasteiger partial charge on any atom is 0.290 e. The first-order valence-corrected chi connectivity index (χ1v) is 9.01. The van der Waals surface area contributed by atoms with E-state index in [4.69, 9.17) is 4.74 Å². The van der Waals surface area contributed by atoms with Crippen molar-refractivity contribution in [2.24, 2.45) is 7.05 Å². The van der Waals surface area contributed by atoms with Crippen LogP contribution in [0.4, 0.5) is 5.69 Å². The summed E-state index contributed by atoms with van der Waals surface area (Å²) in [6.07, 6.45) is 2.32. The van der Waals surface area contributed by atoms with Gasteiger partial charge >= 0.3 is 0 Å². The van der Waals surface area contributed by atoms with Gasteiger partial charge in [0.25, 0.3) is 5.56 Å². The molecule has 3 heterocycles. The SMILES string of the molecule is CC(C)Oc1ccc2[nH]nc(-c3cc(N4CCCC4)c(=O)n(C)n3)c2c1. The molecule has 136 valence electrons. The lowest BCUT2D eigenvalue weighted by Gasteiger charge is -2.17. The highest BCUT2D eigenvalue weighted by Crippen LogP contribution is 2.30. The third-order valence-electron chi connectivity index (χ3n) is 4.64. The molecular weight excluding hydrogens is 330 g/mol. The maximum absolute atomic E-state index is 12.5. The Morgan fingerprint density at radius 3 is 2.69 bits per heavy atom. The first kappa shape index (κ1) is 16.6. The minimum absolute atomic E-state index is 0.0701. The molecule has 0 amide bonds. The molecule has 4 rings (SSSR count). The van der Waals surface area contributed by atoms with Crippen molar-refractivity contribution in [2.45, 2.75) is 32.8 Å². The number of anilines is 1. The average molecular weight is 353 g/mol. The first-order chi connectivity index (χ1) is 12.5. The van der Waals surface area contributed by atoms with Gasteiger partial charge in [0.2, 0.25) is 0 Å². The van der Waals surface area contributed by atoms with Crippen LogP contribution in [0, 0.1) is 0 Å². The van der Waals surface area contributed by atoms with Crippen LogP contribution in [0.2, 0.25) is 0 Å². The van der Waals surface area contributed by atoms with Gasteiger partial charge < -0.3 is 9.64 Å². The van der Waals surface area contributed by atoms with Crippen LogP contribution < -0.4 is 15.2 Å². The third-order valence-corrected chi connectivity index (χ3v) is 4.64. The van der Waals surface area contributed by atoms with Crippen LogP contribution in [0.25, 0.3) is 22.3 Å². The van der Waals surface area contributed by atoms with E-state index in [-0.39, 0.29) is 11.7 Å². The van der Waals surface area contributed by atoms with Crippen molar-refractivity contribution in [1.29, 1.82) is 0 Å². The second kappa shape index (κ2) is 6.48. The van der Waals surface area contributed by atoms with E-state index in [1.807, 2.05) is 38.1 Å². The highest BCUT2D eigenvalue weighted by molar-refractivity contribution is 5.93. The van der Waals surface area contributed by atoms with Gasteiger partial charge in [0.15, 0.2) is 0 Å². The second-order valence-corrected chi connectivity index (χ2v) is 6.98. The van der Waals surface area contributed by atoms with Crippen LogP contribution in [-0.4, -0.2) is 39.2 Å². The van der Waals surface area contributed by atoms with Gasteiger partial charge in [-0.05, 0) is 51.0 Å². The molecule has 1 fully saturated rings. The fourth-order valence-corrected chi connectivity index (χ4v) is 3.43. The molecule has 0 radical (unpaired) electrons. The predicted molar refractivity (Wildman–Crippen MR) is 102 cm³/mol. The standard InChI is InChI=1S/C19H23N5O2/c1-12(2)26-13-6-7-15-14(10-13)18(21-20-15)16-11-17(19(25)23(3)22-16)24-8-4-5-9-24/h6-7,10-12H,4-5,8-9H2,1-3H3,(H,20,21). The molecule has 2 aromatic heterocycles. The van der Waals surface area contributed by atoms with Crippen LogP contribution in [0.3, 0.4) is 0 Å². The van der Waals surface area contributed by atoms with Gasteiger partial charge in [-0.2, -0.15) is 10.2 Å². The van der Waals surface area contributed by atoms with Gasteiger partial charge in [0.1, 0.15) is 22.8 Å². The molecule has 0 spiro atoms. The number of rotatable bonds is 4. The molecule has 0 atom stereocenters. The maximum atomic E-state index is 12.5. The molecule has 3 aromatic rings. The van der Waals surface area contributed by atoms with Crippen LogP contribution in [0.15, 0.2) is 29.1 Å². The smallest absolute Gasteiger partial charge is 0.290 e. The van der Waals surface area contributed by atoms with E-state index in [2.05, 4.69) is 20.2 Å². The molecule has 1 aromatic carbocycles. The van der Waals surface area contributed by atoms with Crippen molar-refractivity contribution >= 4 is 16.6 Å². The zero-order valence-electron chi connectivity index (χ0n) is 15.3.